The number of carbonyl (C=O) groups excluding carboxylic acids is 1. The van der Waals surface area contributed by atoms with Gasteiger partial charge in [0.05, 0.1) is 11.1 Å². The highest BCUT2D eigenvalue weighted by atomic mass is 32.2. The molecule has 0 saturated heterocycles. The number of rotatable bonds is 5. The van der Waals surface area contributed by atoms with Gasteiger partial charge in [0.1, 0.15) is 10.6 Å². The average molecular weight is 351 g/mol. The molecule has 0 aliphatic heterocycles. The molecule has 0 radical (unpaired) electrons. The fourth-order valence-corrected chi connectivity index (χ4v) is 5.24. The van der Waals surface area contributed by atoms with Crippen LogP contribution in [0, 0.1) is 0 Å². The van der Waals surface area contributed by atoms with Gasteiger partial charge >= 0.3 is 0 Å². The van der Waals surface area contributed by atoms with Crippen LogP contribution in [-0.2, 0) is 17.6 Å². The second-order valence-electron chi connectivity index (χ2n) is 6.21. The lowest BCUT2D eigenvalue weighted by atomic mass is 9.97. The van der Waals surface area contributed by atoms with E-state index in [2.05, 4.69) is 6.92 Å². The van der Waals surface area contributed by atoms with E-state index in [1.165, 1.54) is 28.6 Å². The SMILES string of the molecule is CCC(C)n1c(SCC(C)=O)nc2sc3c(c2c1=O)CCCC3. The zero-order valence-electron chi connectivity index (χ0n) is 13.8. The summed E-state index contributed by atoms with van der Waals surface area (Å²) in [5, 5.41) is 1.52. The Morgan fingerprint density at radius 2 is 2.13 bits per heavy atom. The summed E-state index contributed by atoms with van der Waals surface area (Å²) in [6.07, 6.45) is 5.28. The normalized spacial score (nSPS) is 15.6. The van der Waals surface area contributed by atoms with Crippen molar-refractivity contribution in [2.45, 2.75) is 64.1 Å². The van der Waals surface area contributed by atoms with Crippen molar-refractivity contribution < 1.29 is 4.79 Å². The average Bonchev–Trinajstić information content (AvgIpc) is 2.90. The van der Waals surface area contributed by atoms with Gasteiger partial charge in [-0.25, -0.2) is 4.98 Å². The molecule has 6 heteroatoms. The van der Waals surface area contributed by atoms with Crippen LogP contribution < -0.4 is 5.56 Å². The van der Waals surface area contributed by atoms with E-state index in [4.69, 9.17) is 4.98 Å². The van der Waals surface area contributed by atoms with Crippen molar-refractivity contribution >= 4 is 39.1 Å². The maximum absolute atomic E-state index is 13.2. The van der Waals surface area contributed by atoms with Crippen molar-refractivity contribution in [2.75, 3.05) is 5.75 Å². The number of hydrogen-bond acceptors (Lipinski definition) is 5. The number of thiophene rings is 1. The summed E-state index contributed by atoms with van der Waals surface area (Å²) in [6.45, 7) is 5.69. The molecule has 0 aromatic carbocycles. The summed E-state index contributed by atoms with van der Waals surface area (Å²) in [5.41, 5.74) is 1.31. The number of aromatic nitrogens is 2. The van der Waals surface area contributed by atoms with Crippen LogP contribution in [0.4, 0.5) is 0 Å². The number of aryl methyl sites for hydroxylation is 2. The van der Waals surface area contributed by atoms with E-state index >= 15 is 0 Å². The van der Waals surface area contributed by atoms with Gasteiger partial charge in [-0.15, -0.1) is 11.3 Å². The number of fused-ring (bicyclic) bond motifs is 3. The number of hydrogen-bond donors (Lipinski definition) is 0. The second kappa shape index (κ2) is 6.77. The first-order valence-corrected chi connectivity index (χ1v) is 10.0. The predicted octanol–water partition coefficient (Wildman–Crippen LogP) is 3.99. The van der Waals surface area contributed by atoms with E-state index in [9.17, 15) is 9.59 Å². The van der Waals surface area contributed by atoms with Crippen LogP contribution in [-0.4, -0.2) is 21.1 Å². The van der Waals surface area contributed by atoms with Crippen molar-refractivity contribution in [1.29, 1.82) is 0 Å². The lowest BCUT2D eigenvalue weighted by Gasteiger charge is -2.17. The van der Waals surface area contributed by atoms with Crippen LogP contribution in [0.2, 0.25) is 0 Å². The highest BCUT2D eigenvalue weighted by Gasteiger charge is 2.23. The molecule has 1 aliphatic carbocycles. The molecule has 1 unspecified atom stereocenters. The van der Waals surface area contributed by atoms with Crippen molar-refractivity contribution in [3.05, 3.63) is 20.8 Å². The minimum absolute atomic E-state index is 0.0785. The highest BCUT2D eigenvalue weighted by Crippen LogP contribution is 2.35. The molecule has 4 nitrogen and oxygen atoms in total. The summed E-state index contributed by atoms with van der Waals surface area (Å²) in [5.74, 6) is 0.463. The Bertz CT molecular complexity index is 807. The summed E-state index contributed by atoms with van der Waals surface area (Å²) in [7, 11) is 0. The van der Waals surface area contributed by atoms with Gasteiger partial charge in [-0.3, -0.25) is 14.2 Å². The molecule has 23 heavy (non-hydrogen) atoms. The molecule has 0 N–H and O–H groups in total. The molecule has 2 aromatic heterocycles. The van der Waals surface area contributed by atoms with Crippen LogP contribution in [0.15, 0.2) is 9.95 Å². The Balaban J connectivity index is 2.21. The fourth-order valence-electron chi connectivity index (χ4n) is 3.04. The molecule has 0 fully saturated rings. The minimum Gasteiger partial charge on any atom is -0.299 e. The van der Waals surface area contributed by atoms with Crippen LogP contribution in [0.1, 0.15) is 56.5 Å². The third kappa shape index (κ3) is 3.11. The second-order valence-corrected chi connectivity index (χ2v) is 8.23. The highest BCUT2D eigenvalue weighted by molar-refractivity contribution is 7.99. The molecule has 3 rings (SSSR count). The molecular formula is C17H22N2O2S2. The smallest absolute Gasteiger partial charge is 0.263 e. The summed E-state index contributed by atoms with van der Waals surface area (Å²) in [6, 6.07) is 0.0907. The topological polar surface area (TPSA) is 52.0 Å². The molecule has 0 spiro atoms. The molecule has 0 bridgehead atoms. The summed E-state index contributed by atoms with van der Waals surface area (Å²) in [4.78, 5) is 31.5. The monoisotopic (exact) mass is 350 g/mol. The van der Waals surface area contributed by atoms with E-state index in [0.29, 0.717) is 10.9 Å². The third-order valence-electron chi connectivity index (χ3n) is 4.42. The number of carbonyl (C=O) groups is 1. The Morgan fingerprint density at radius 3 is 2.83 bits per heavy atom. The number of nitrogens with zero attached hydrogens (tertiary/aromatic N) is 2. The third-order valence-corrected chi connectivity index (χ3v) is 6.71. The molecule has 2 aromatic rings. The van der Waals surface area contributed by atoms with Gasteiger partial charge in [0, 0.05) is 10.9 Å². The van der Waals surface area contributed by atoms with Crippen molar-refractivity contribution in [2.24, 2.45) is 0 Å². The summed E-state index contributed by atoms with van der Waals surface area (Å²) >= 11 is 3.05. The lowest BCUT2D eigenvalue weighted by Crippen LogP contribution is -2.26. The molecule has 124 valence electrons. The summed E-state index contributed by atoms with van der Waals surface area (Å²) < 4.78 is 1.80. The van der Waals surface area contributed by atoms with Gasteiger partial charge < -0.3 is 0 Å². The molecular weight excluding hydrogens is 328 g/mol. The van der Waals surface area contributed by atoms with E-state index in [-0.39, 0.29) is 17.4 Å². The first-order valence-electron chi connectivity index (χ1n) is 8.22. The number of ketones is 1. The first-order chi connectivity index (χ1) is 11.0. The van der Waals surface area contributed by atoms with E-state index in [0.717, 1.165) is 35.9 Å². The van der Waals surface area contributed by atoms with Gasteiger partial charge in [0.15, 0.2) is 5.16 Å². The number of thioether (sulfide) groups is 1. The van der Waals surface area contributed by atoms with Gasteiger partial charge in [0.25, 0.3) is 5.56 Å². The van der Waals surface area contributed by atoms with Crippen LogP contribution >= 0.6 is 23.1 Å². The Hall–Kier alpha value is -1.14. The molecule has 1 atom stereocenters. The molecule has 1 aliphatic rings. The van der Waals surface area contributed by atoms with E-state index in [1.54, 1.807) is 22.8 Å². The van der Waals surface area contributed by atoms with Gasteiger partial charge in [-0.2, -0.15) is 0 Å². The van der Waals surface area contributed by atoms with Crippen LogP contribution in [0.3, 0.4) is 0 Å². The zero-order valence-corrected chi connectivity index (χ0v) is 15.5. The van der Waals surface area contributed by atoms with Crippen LogP contribution in [0.5, 0.6) is 0 Å². The van der Waals surface area contributed by atoms with E-state index in [1.807, 2.05) is 6.92 Å². The maximum atomic E-state index is 13.2. The molecule has 0 amide bonds. The Kier molecular flexibility index (Phi) is 4.92. The van der Waals surface area contributed by atoms with Gasteiger partial charge in [-0.1, -0.05) is 18.7 Å². The quantitative estimate of drug-likeness (QED) is 0.604. The van der Waals surface area contributed by atoms with Gasteiger partial charge in [-0.05, 0) is 51.5 Å². The van der Waals surface area contributed by atoms with Crippen molar-refractivity contribution in [3.8, 4) is 0 Å². The lowest BCUT2D eigenvalue weighted by molar-refractivity contribution is -0.114. The standard InChI is InChI=1S/C17H22N2O2S2/c1-4-10(2)19-16(21)14-12-7-5-6-8-13(12)23-15(14)18-17(19)22-9-11(3)20/h10H,4-9H2,1-3H3. The van der Waals surface area contributed by atoms with Crippen molar-refractivity contribution in [1.82, 2.24) is 9.55 Å². The fraction of sp³-hybridized carbons (Fsp3) is 0.588. The molecule has 2 heterocycles. The Labute approximate surface area is 144 Å². The molecule has 0 saturated carbocycles. The first kappa shape index (κ1) is 16.7. The largest absolute Gasteiger partial charge is 0.299 e. The maximum Gasteiger partial charge on any atom is 0.263 e. The predicted molar refractivity (Wildman–Crippen MR) is 96.9 cm³/mol. The zero-order chi connectivity index (χ0) is 16.6. The Morgan fingerprint density at radius 1 is 1.39 bits per heavy atom. The van der Waals surface area contributed by atoms with Crippen molar-refractivity contribution in [3.63, 3.8) is 0 Å². The van der Waals surface area contributed by atoms with Gasteiger partial charge in [0.2, 0.25) is 0 Å². The number of Topliss-reactive ketones (excluding diaryl/α,β-unsaturated/α-hetero) is 1. The van der Waals surface area contributed by atoms with Crippen LogP contribution in [0.25, 0.3) is 10.2 Å². The van der Waals surface area contributed by atoms with E-state index < -0.39 is 0 Å². The minimum atomic E-state index is 0.0785.